The maximum absolute atomic E-state index is 12.3. The molecule has 0 aliphatic carbocycles. The van der Waals surface area contributed by atoms with Crippen molar-refractivity contribution in [3.63, 3.8) is 0 Å². The number of hydrogen-bond donors (Lipinski definition) is 7. The first-order chi connectivity index (χ1) is 11.1. The Labute approximate surface area is 151 Å². The molecule has 9 nitrogen and oxygen atoms in total. The van der Waals surface area contributed by atoms with Crippen LogP contribution in [0.5, 0.6) is 0 Å². The number of carboxylic acid groups (broad SMARTS) is 1. The van der Waals surface area contributed by atoms with Gasteiger partial charge in [-0.05, 0) is 5.92 Å². The van der Waals surface area contributed by atoms with Crippen LogP contribution < -0.4 is 21.7 Å². The lowest BCUT2D eigenvalue weighted by Crippen LogP contribution is -2.58. The molecular formula is C13H24N4O5S2. The Kier molecular flexibility index (Phi) is 10.5. The van der Waals surface area contributed by atoms with E-state index in [0.29, 0.717) is 0 Å². The standard InChI is InChI=1S/C13H24N4O5S2/c1-6(2)10(17-11(20)7(14)4-23)13(22)16-8(5-24)12(21)15-3-9(18)19/h6-8,10,23-24H,3-5,14H2,1-2H3,(H,15,21)(H,16,22)(H,17,20)(H,18,19). The van der Waals surface area contributed by atoms with Gasteiger partial charge >= 0.3 is 5.97 Å². The molecule has 3 unspecified atom stereocenters. The third kappa shape index (κ3) is 7.88. The zero-order chi connectivity index (χ0) is 18.9. The fourth-order valence-electron chi connectivity index (χ4n) is 1.62. The maximum atomic E-state index is 12.3. The van der Waals surface area contributed by atoms with E-state index in [0.717, 1.165) is 0 Å². The third-order valence-corrected chi connectivity index (χ3v) is 3.77. The Morgan fingerprint density at radius 1 is 1.00 bits per heavy atom. The summed E-state index contributed by atoms with van der Waals surface area (Å²) in [5, 5.41) is 15.7. The molecule has 6 N–H and O–H groups in total. The van der Waals surface area contributed by atoms with Crippen molar-refractivity contribution in [3.8, 4) is 0 Å². The topological polar surface area (TPSA) is 151 Å². The first-order valence-corrected chi connectivity index (χ1v) is 8.48. The van der Waals surface area contributed by atoms with E-state index < -0.39 is 48.4 Å². The van der Waals surface area contributed by atoms with Crippen LogP contribution >= 0.6 is 25.3 Å². The highest BCUT2D eigenvalue weighted by atomic mass is 32.1. The summed E-state index contributed by atoms with van der Waals surface area (Å²) < 4.78 is 0. The normalized spacial score (nSPS) is 14.4. The van der Waals surface area contributed by atoms with Crippen molar-refractivity contribution in [2.24, 2.45) is 11.7 Å². The van der Waals surface area contributed by atoms with Crippen LogP contribution in [-0.4, -0.2) is 65.0 Å². The molecule has 0 radical (unpaired) electrons. The Morgan fingerprint density at radius 2 is 1.58 bits per heavy atom. The molecule has 0 aromatic rings. The second-order valence-corrected chi connectivity index (χ2v) is 6.10. The second kappa shape index (κ2) is 11.2. The van der Waals surface area contributed by atoms with Gasteiger partial charge in [0.1, 0.15) is 18.6 Å². The molecule has 0 fully saturated rings. The third-order valence-electron chi connectivity index (χ3n) is 3.01. The van der Waals surface area contributed by atoms with E-state index in [1.807, 2.05) is 0 Å². The van der Waals surface area contributed by atoms with Crippen molar-refractivity contribution in [1.29, 1.82) is 0 Å². The summed E-state index contributed by atoms with van der Waals surface area (Å²) >= 11 is 7.89. The van der Waals surface area contributed by atoms with Gasteiger partial charge in [0.25, 0.3) is 0 Å². The van der Waals surface area contributed by atoms with Gasteiger partial charge in [-0.15, -0.1) is 0 Å². The van der Waals surface area contributed by atoms with Gasteiger partial charge in [0.2, 0.25) is 17.7 Å². The van der Waals surface area contributed by atoms with Gasteiger partial charge in [-0.25, -0.2) is 0 Å². The van der Waals surface area contributed by atoms with E-state index in [4.69, 9.17) is 10.8 Å². The van der Waals surface area contributed by atoms with Gasteiger partial charge in [0.05, 0.1) is 6.04 Å². The Morgan fingerprint density at radius 3 is 2.00 bits per heavy atom. The summed E-state index contributed by atoms with van der Waals surface area (Å²) in [5.41, 5.74) is 5.56. The van der Waals surface area contributed by atoms with Crippen LogP contribution in [-0.2, 0) is 19.2 Å². The smallest absolute Gasteiger partial charge is 0.322 e. The summed E-state index contributed by atoms with van der Waals surface area (Å²) in [6.07, 6.45) is 0. The second-order valence-electron chi connectivity index (χ2n) is 5.37. The maximum Gasteiger partial charge on any atom is 0.322 e. The molecule has 3 amide bonds. The lowest BCUT2D eigenvalue weighted by molar-refractivity contribution is -0.138. The van der Waals surface area contributed by atoms with Crippen LogP contribution in [0.15, 0.2) is 0 Å². The molecule has 138 valence electrons. The first kappa shape index (κ1) is 22.5. The molecule has 0 heterocycles. The summed E-state index contributed by atoms with van der Waals surface area (Å²) in [6, 6.07) is -2.79. The zero-order valence-electron chi connectivity index (χ0n) is 13.5. The van der Waals surface area contributed by atoms with Crippen molar-refractivity contribution in [2.75, 3.05) is 18.1 Å². The molecule has 11 heteroatoms. The number of hydrogen-bond acceptors (Lipinski definition) is 7. The van der Waals surface area contributed by atoms with E-state index in [9.17, 15) is 19.2 Å². The molecule has 24 heavy (non-hydrogen) atoms. The molecular weight excluding hydrogens is 356 g/mol. The summed E-state index contributed by atoms with van der Waals surface area (Å²) in [5.74, 6) is -3.18. The Bertz CT molecular complexity index is 475. The van der Waals surface area contributed by atoms with Gasteiger partial charge in [-0.2, -0.15) is 25.3 Å². The zero-order valence-corrected chi connectivity index (χ0v) is 15.3. The first-order valence-electron chi connectivity index (χ1n) is 7.21. The van der Waals surface area contributed by atoms with Crippen molar-refractivity contribution in [3.05, 3.63) is 0 Å². The summed E-state index contributed by atoms with van der Waals surface area (Å²) in [7, 11) is 0. The van der Waals surface area contributed by atoms with Gasteiger partial charge < -0.3 is 26.8 Å². The van der Waals surface area contributed by atoms with E-state index in [-0.39, 0.29) is 17.4 Å². The highest BCUT2D eigenvalue weighted by molar-refractivity contribution is 7.80. The predicted molar refractivity (Wildman–Crippen MR) is 95.0 cm³/mol. The summed E-state index contributed by atoms with van der Waals surface area (Å²) in [4.78, 5) is 46.5. The van der Waals surface area contributed by atoms with E-state index in [1.54, 1.807) is 13.8 Å². The van der Waals surface area contributed by atoms with Gasteiger partial charge in [-0.3, -0.25) is 19.2 Å². The molecule has 0 aliphatic heterocycles. The minimum atomic E-state index is -1.21. The number of carbonyl (C=O) groups excluding carboxylic acids is 3. The number of nitrogens with two attached hydrogens (primary N) is 1. The van der Waals surface area contributed by atoms with Crippen molar-refractivity contribution in [1.82, 2.24) is 16.0 Å². The fourth-order valence-corrected chi connectivity index (χ4v) is 2.04. The van der Waals surface area contributed by atoms with Crippen LogP contribution in [0.1, 0.15) is 13.8 Å². The summed E-state index contributed by atoms with van der Waals surface area (Å²) in [6.45, 7) is 2.87. The Hall–Kier alpha value is -1.46. The van der Waals surface area contributed by atoms with Crippen LogP contribution in [0.25, 0.3) is 0 Å². The van der Waals surface area contributed by atoms with Crippen LogP contribution in [0, 0.1) is 5.92 Å². The number of rotatable bonds is 10. The lowest BCUT2D eigenvalue weighted by atomic mass is 10.0. The quantitative estimate of drug-likeness (QED) is 0.218. The molecule has 0 spiro atoms. The van der Waals surface area contributed by atoms with E-state index >= 15 is 0 Å². The van der Waals surface area contributed by atoms with E-state index in [1.165, 1.54) is 0 Å². The molecule has 0 saturated carbocycles. The van der Waals surface area contributed by atoms with Crippen molar-refractivity contribution in [2.45, 2.75) is 32.0 Å². The number of nitrogens with one attached hydrogen (secondary N) is 3. The number of amides is 3. The molecule has 0 rings (SSSR count). The van der Waals surface area contributed by atoms with Gasteiger partial charge in [0, 0.05) is 11.5 Å². The van der Waals surface area contributed by atoms with Crippen molar-refractivity contribution >= 4 is 48.9 Å². The molecule has 3 atom stereocenters. The lowest BCUT2D eigenvalue weighted by Gasteiger charge is -2.25. The SMILES string of the molecule is CC(C)C(NC(=O)C(N)CS)C(=O)NC(CS)C(=O)NCC(=O)O. The van der Waals surface area contributed by atoms with Crippen molar-refractivity contribution < 1.29 is 24.3 Å². The monoisotopic (exact) mass is 380 g/mol. The average Bonchev–Trinajstić information content (AvgIpc) is 2.53. The number of carbonyl (C=O) groups is 4. The molecule has 0 aromatic heterocycles. The minimum Gasteiger partial charge on any atom is -0.480 e. The van der Waals surface area contributed by atoms with Gasteiger partial charge in [0.15, 0.2) is 0 Å². The van der Waals surface area contributed by atoms with Crippen LogP contribution in [0.3, 0.4) is 0 Å². The predicted octanol–water partition coefficient (Wildman–Crippen LogP) is -2.00. The fraction of sp³-hybridized carbons (Fsp3) is 0.692. The van der Waals surface area contributed by atoms with E-state index in [2.05, 4.69) is 41.2 Å². The number of thiol groups is 2. The molecule has 0 bridgehead atoms. The number of aliphatic carboxylic acids is 1. The van der Waals surface area contributed by atoms with Crippen LogP contribution in [0.2, 0.25) is 0 Å². The average molecular weight is 380 g/mol. The largest absolute Gasteiger partial charge is 0.480 e. The molecule has 0 saturated heterocycles. The highest BCUT2D eigenvalue weighted by Gasteiger charge is 2.29. The minimum absolute atomic E-state index is 0.0356. The van der Waals surface area contributed by atoms with Gasteiger partial charge in [-0.1, -0.05) is 13.8 Å². The number of carboxylic acids is 1. The Balaban J connectivity index is 4.87. The molecule has 0 aromatic carbocycles. The van der Waals surface area contributed by atoms with Crippen LogP contribution in [0.4, 0.5) is 0 Å². The molecule has 0 aliphatic rings. The highest BCUT2D eigenvalue weighted by Crippen LogP contribution is 2.04.